The van der Waals surface area contributed by atoms with Crippen LogP contribution >= 0.6 is 0 Å². The fourth-order valence-electron chi connectivity index (χ4n) is 3.35. The average Bonchev–Trinajstić information content (AvgIpc) is 3.14. The number of nitrogens with one attached hydrogen (secondary N) is 1. The fourth-order valence-corrected chi connectivity index (χ4v) is 3.35. The molecule has 4 heteroatoms. The van der Waals surface area contributed by atoms with E-state index in [9.17, 15) is 0 Å². The van der Waals surface area contributed by atoms with Crippen LogP contribution in [0.15, 0.2) is 24.8 Å². The predicted octanol–water partition coefficient (Wildman–Crippen LogP) is 2.72. The van der Waals surface area contributed by atoms with E-state index in [2.05, 4.69) is 52.6 Å². The van der Waals surface area contributed by atoms with Crippen molar-refractivity contribution in [3.8, 4) is 0 Å². The van der Waals surface area contributed by atoms with Gasteiger partial charge in [-0.1, -0.05) is 0 Å². The number of hydrogen-bond acceptors (Lipinski definition) is 2. The van der Waals surface area contributed by atoms with Crippen LogP contribution in [-0.4, -0.2) is 20.2 Å². The highest BCUT2D eigenvalue weighted by Gasteiger charge is 2.28. The molecule has 3 rings (SSSR count). The third-order valence-corrected chi connectivity index (χ3v) is 4.82. The molecule has 20 heavy (non-hydrogen) atoms. The molecule has 2 heterocycles. The molecule has 1 aliphatic rings. The summed E-state index contributed by atoms with van der Waals surface area (Å²) in [4.78, 5) is 4.18. The maximum atomic E-state index is 4.18. The molecule has 1 saturated carbocycles. The monoisotopic (exact) mass is 272 g/mol. The van der Waals surface area contributed by atoms with Gasteiger partial charge in [0.2, 0.25) is 0 Å². The molecule has 2 unspecified atom stereocenters. The molecule has 0 bridgehead atoms. The van der Waals surface area contributed by atoms with E-state index < -0.39 is 0 Å². The summed E-state index contributed by atoms with van der Waals surface area (Å²) in [5.41, 5.74) is 4.12. The van der Waals surface area contributed by atoms with Crippen molar-refractivity contribution in [2.45, 2.75) is 51.7 Å². The SMILES string of the molecule is Cc1cc(CNC2CCCC2n2ccnc2)c(C)n1C. The highest BCUT2D eigenvalue weighted by molar-refractivity contribution is 5.26. The number of nitrogens with zero attached hydrogens (tertiary/aromatic N) is 3. The molecule has 1 N–H and O–H groups in total. The standard InChI is InChI=1S/C16H24N4/c1-12-9-14(13(2)19(12)3)10-18-15-5-4-6-16(15)20-8-7-17-11-20/h7-9,11,15-16,18H,4-6,10H2,1-3H3. The highest BCUT2D eigenvalue weighted by atomic mass is 15.1. The lowest BCUT2D eigenvalue weighted by atomic mass is 10.1. The molecule has 0 amide bonds. The van der Waals surface area contributed by atoms with Crippen molar-refractivity contribution in [3.63, 3.8) is 0 Å². The number of aromatic nitrogens is 3. The smallest absolute Gasteiger partial charge is 0.0949 e. The lowest BCUT2D eigenvalue weighted by Gasteiger charge is -2.22. The zero-order chi connectivity index (χ0) is 14.1. The van der Waals surface area contributed by atoms with Gasteiger partial charge in [0.1, 0.15) is 0 Å². The molecule has 1 aliphatic carbocycles. The van der Waals surface area contributed by atoms with Gasteiger partial charge in [-0.15, -0.1) is 0 Å². The van der Waals surface area contributed by atoms with Gasteiger partial charge >= 0.3 is 0 Å². The van der Waals surface area contributed by atoms with E-state index in [1.54, 1.807) is 0 Å². The first-order valence-corrected chi connectivity index (χ1v) is 7.49. The van der Waals surface area contributed by atoms with E-state index in [1.807, 2.05) is 12.5 Å². The minimum Gasteiger partial charge on any atom is -0.352 e. The molecule has 1 fully saturated rings. The molecule has 2 aromatic heterocycles. The Morgan fingerprint density at radius 1 is 1.35 bits per heavy atom. The zero-order valence-corrected chi connectivity index (χ0v) is 12.6. The van der Waals surface area contributed by atoms with Gasteiger partial charge in [0.05, 0.1) is 6.33 Å². The van der Waals surface area contributed by atoms with Gasteiger partial charge in [-0.05, 0) is 44.7 Å². The van der Waals surface area contributed by atoms with Gasteiger partial charge in [-0.3, -0.25) is 0 Å². The van der Waals surface area contributed by atoms with Crippen molar-refractivity contribution in [3.05, 3.63) is 41.7 Å². The lowest BCUT2D eigenvalue weighted by molar-refractivity contribution is 0.390. The second-order valence-corrected chi connectivity index (χ2v) is 5.95. The zero-order valence-electron chi connectivity index (χ0n) is 12.6. The Bertz CT molecular complexity index is 568. The predicted molar refractivity (Wildman–Crippen MR) is 80.6 cm³/mol. The van der Waals surface area contributed by atoms with Gasteiger partial charge in [-0.25, -0.2) is 4.98 Å². The van der Waals surface area contributed by atoms with Crippen molar-refractivity contribution in [2.75, 3.05) is 0 Å². The summed E-state index contributed by atoms with van der Waals surface area (Å²) in [6, 6.07) is 3.41. The molecule has 0 radical (unpaired) electrons. The van der Waals surface area contributed by atoms with Crippen molar-refractivity contribution < 1.29 is 0 Å². The van der Waals surface area contributed by atoms with E-state index in [0.717, 1.165) is 6.54 Å². The molecule has 2 atom stereocenters. The van der Waals surface area contributed by atoms with Gasteiger partial charge in [-0.2, -0.15) is 0 Å². The first-order valence-electron chi connectivity index (χ1n) is 7.49. The average molecular weight is 272 g/mol. The summed E-state index contributed by atoms with van der Waals surface area (Å²) in [7, 11) is 2.14. The Morgan fingerprint density at radius 2 is 2.20 bits per heavy atom. The van der Waals surface area contributed by atoms with Crippen LogP contribution in [0.4, 0.5) is 0 Å². The number of hydrogen-bond donors (Lipinski definition) is 1. The van der Waals surface area contributed by atoms with Crippen molar-refractivity contribution in [2.24, 2.45) is 7.05 Å². The Labute approximate surface area is 120 Å². The molecule has 0 saturated heterocycles. The van der Waals surface area contributed by atoms with E-state index >= 15 is 0 Å². The molecule has 0 aliphatic heterocycles. The number of rotatable bonds is 4. The van der Waals surface area contributed by atoms with Gasteiger partial charge in [0.15, 0.2) is 0 Å². The van der Waals surface area contributed by atoms with Crippen LogP contribution in [-0.2, 0) is 13.6 Å². The quantitative estimate of drug-likeness (QED) is 0.928. The summed E-state index contributed by atoms with van der Waals surface area (Å²) in [6.07, 6.45) is 9.72. The second-order valence-electron chi connectivity index (χ2n) is 5.95. The maximum absolute atomic E-state index is 4.18. The Hall–Kier alpha value is -1.55. The van der Waals surface area contributed by atoms with Crippen LogP contribution in [0.3, 0.4) is 0 Å². The molecular weight excluding hydrogens is 248 g/mol. The third-order valence-electron chi connectivity index (χ3n) is 4.82. The normalized spacial score (nSPS) is 22.6. The van der Waals surface area contributed by atoms with E-state index in [4.69, 9.17) is 0 Å². The highest BCUT2D eigenvalue weighted by Crippen LogP contribution is 2.30. The maximum Gasteiger partial charge on any atom is 0.0949 e. The van der Waals surface area contributed by atoms with Crippen molar-refractivity contribution in [1.29, 1.82) is 0 Å². The van der Waals surface area contributed by atoms with E-state index in [1.165, 1.54) is 36.2 Å². The largest absolute Gasteiger partial charge is 0.352 e. The summed E-state index contributed by atoms with van der Waals surface area (Å²) in [5.74, 6) is 0. The Balaban J connectivity index is 1.67. The molecule has 0 spiro atoms. The van der Waals surface area contributed by atoms with Gasteiger partial charge in [0.25, 0.3) is 0 Å². The molecule has 4 nitrogen and oxygen atoms in total. The molecule has 0 aromatic carbocycles. The van der Waals surface area contributed by atoms with Crippen molar-refractivity contribution >= 4 is 0 Å². The number of imidazole rings is 1. The fraction of sp³-hybridized carbons (Fsp3) is 0.562. The Kier molecular flexibility index (Phi) is 3.66. The first kappa shape index (κ1) is 13.4. The minimum atomic E-state index is 0.558. The summed E-state index contributed by atoms with van der Waals surface area (Å²) in [6.45, 7) is 5.33. The van der Waals surface area contributed by atoms with Crippen LogP contribution in [0.2, 0.25) is 0 Å². The molecular formula is C16H24N4. The van der Waals surface area contributed by atoms with Crippen LogP contribution in [0.5, 0.6) is 0 Å². The van der Waals surface area contributed by atoms with E-state index in [0.29, 0.717) is 12.1 Å². The topological polar surface area (TPSA) is 34.8 Å². The van der Waals surface area contributed by atoms with Crippen LogP contribution in [0, 0.1) is 13.8 Å². The summed E-state index contributed by atoms with van der Waals surface area (Å²) in [5, 5.41) is 3.76. The Morgan fingerprint density at radius 3 is 2.85 bits per heavy atom. The van der Waals surface area contributed by atoms with Crippen LogP contribution in [0.25, 0.3) is 0 Å². The first-order chi connectivity index (χ1) is 9.66. The molecule has 2 aromatic rings. The van der Waals surface area contributed by atoms with E-state index in [-0.39, 0.29) is 0 Å². The summed E-state index contributed by atoms with van der Waals surface area (Å²) < 4.78 is 4.52. The van der Waals surface area contributed by atoms with Gasteiger partial charge in [0, 0.05) is 49.5 Å². The lowest BCUT2D eigenvalue weighted by Crippen LogP contribution is -2.33. The van der Waals surface area contributed by atoms with Crippen molar-refractivity contribution in [1.82, 2.24) is 19.4 Å². The minimum absolute atomic E-state index is 0.558. The number of aryl methyl sites for hydroxylation is 1. The van der Waals surface area contributed by atoms with Gasteiger partial charge < -0.3 is 14.5 Å². The molecule has 108 valence electrons. The second kappa shape index (κ2) is 5.44. The third kappa shape index (κ3) is 2.40. The van der Waals surface area contributed by atoms with Crippen LogP contribution < -0.4 is 5.32 Å². The summed E-state index contributed by atoms with van der Waals surface area (Å²) >= 11 is 0. The van der Waals surface area contributed by atoms with Crippen LogP contribution in [0.1, 0.15) is 42.3 Å².